The van der Waals surface area contributed by atoms with Gasteiger partial charge in [0, 0.05) is 38.8 Å². The summed E-state index contributed by atoms with van der Waals surface area (Å²) in [6, 6.07) is 8.26. The molecule has 2 aliphatic heterocycles. The van der Waals surface area contributed by atoms with Gasteiger partial charge in [0.1, 0.15) is 0 Å². The zero-order valence-electron chi connectivity index (χ0n) is 14.7. The van der Waals surface area contributed by atoms with Crippen molar-refractivity contribution in [2.24, 2.45) is 0 Å². The molecule has 1 atom stereocenters. The van der Waals surface area contributed by atoms with E-state index in [2.05, 4.69) is 9.80 Å². The Balaban J connectivity index is 1.42. The smallest absolute Gasteiger partial charge is 0.408 e. The minimum Gasteiger partial charge on any atom is -0.408 e. The van der Waals surface area contributed by atoms with Crippen molar-refractivity contribution in [1.29, 1.82) is 0 Å². The van der Waals surface area contributed by atoms with Crippen LogP contribution >= 0.6 is 0 Å². The molecular weight excluding hydrogens is 318 g/mol. The predicted molar refractivity (Wildman–Crippen MR) is 96.9 cm³/mol. The molecule has 3 heterocycles. The van der Waals surface area contributed by atoms with Gasteiger partial charge in [-0.15, -0.1) is 0 Å². The van der Waals surface area contributed by atoms with Crippen LogP contribution in [0.15, 0.2) is 33.5 Å². The quantitative estimate of drug-likeness (QED) is 0.827. The Labute approximate surface area is 147 Å². The number of nitrogens with zero attached hydrogens (tertiary/aromatic N) is 3. The number of likely N-dealkylation sites (tertiary alicyclic amines) is 1. The largest absolute Gasteiger partial charge is 0.419 e. The van der Waals surface area contributed by atoms with Gasteiger partial charge in [0.2, 0.25) is 0 Å². The predicted octanol–water partition coefficient (Wildman–Crippen LogP) is 1.78. The molecule has 1 unspecified atom stereocenters. The zero-order valence-corrected chi connectivity index (χ0v) is 14.7. The maximum absolute atomic E-state index is 12.2. The first-order valence-corrected chi connectivity index (χ1v) is 9.44. The summed E-state index contributed by atoms with van der Waals surface area (Å²) in [5, 5.41) is 0. The number of para-hydroxylation sites is 2. The summed E-state index contributed by atoms with van der Waals surface area (Å²) in [6.45, 7) is 7.61. The molecule has 4 rings (SSSR count). The number of fused-ring (bicyclic) bond motifs is 1. The molecule has 25 heavy (non-hydrogen) atoms. The van der Waals surface area contributed by atoms with Gasteiger partial charge >= 0.3 is 5.76 Å². The summed E-state index contributed by atoms with van der Waals surface area (Å²) in [5.74, 6) is -0.247. The maximum atomic E-state index is 12.2. The summed E-state index contributed by atoms with van der Waals surface area (Å²) in [5.41, 5.74) is 1.57. The Morgan fingerprint density at radius 3 is 2.76 bits per heavy atom. The van der Waals surface area contributed by atoms with Gasteiger partial charge in [0.25, 0.3) is 0 Å². The Bertz CT molecular complexity index is 748. The van der Waals surface area contributed by atoms with Crippen molar-refractivity contribution < 1.29 is 9.15 Å². The van der Waals surface area contributed by atoms with Crippen LogP contribution in [0, 0.1) is 0 Å². The first-order chi connectivity index (χ1) is 12.3. The highest BCUT2D eigenvalue weighted by Gasteiger charge is 2.25. The van der Waals surface area contributed by atoms with Gasteiger partial charge < -0.3 is 9.15 Å². The fraction of sp³-hybridized carbons (Fsp3) is 0.632. The average molecular weight is 345 g/mol. The lowest BCUT2D eigenvalue weighted by Crippen LogP contribution is -2.50. The van der Waals surface area contributed by atoms with Crippen LogP contribution in [-0.2, 0) is 11.3 Å². The molecule has 0 spiro atoms. The van der Waals surface area contributed by atoms with Crippen LogP contribution in [0.4, 0.5) is 0 Å². The lowest BCUT2D eigenvalue weighted by Gasteiger charge is -2.39. The Hall–Kier alpha value is -1.63. The Morgan fingerprint density at radius 2 is 1.88 bits per heavy atom. The van der Waals surface area contributed by atoms with Gasteiger partial charge in [-0.2, -0.15) is 0 Å². The first kappa shape index (κ1) is 16.8. The second-order valence-electron chi connectivity index (χ2n) is 7.09. The fourth-order valence-electron chi connectivity index (χ4n) is 4.10. The third-order valence-electron chi connectivity index (χ3n) is 5.51. The van der Waals surface area contributed by atoms with E-state index >= 15 is 0 Å². The number of morpholine rings is 1. The molecule has 136 valence electrons. The molecule has 2 aromatic rings. The average Bonchev–Trinajstić information content (AvgIpc) is 2.97. The van der Waals surface area contributed by atoms with Crippen molar-refractivity contribution in [2.75, 3.05) is 45.9 Å². The van der Waals surface area contributed by atoms with Crippen molar-refractivity contribution in [1.82, 2.24) is 14.4 Å². The van der Waals surface area contributed by atoms with Crippen LogP contribution in [0.2, 0.25) is 0 Å². The Morgan fingerprint density at radius 1 is 1.04 bits per heavy atom. The zero-order chi connectivity index (χ0) is 17.1. The second-order valence-corrected chi connectivity index (χ2v) is 7.09. The van der Waals surface area contributed by atoms with E-state index in [1.165, 1.54) is 19.3 Å². The van der Waals surface area contributed by atoms with Crippen molar-refractivity contribution in [3.05, 3.63) is 34.8 Å². The molecule has 2 fully saturated rings. The third-order valence-corrected chi connectivity index (χ3v) is 5.51. The molecule has 0 radical (unpaired) electrons. The molecule has 6 heteroatoms. The lowest BCUT2D eigenvalue weighted by molar-refractivity contribution is 0.0162. The molecule has 0 N–H and O–H groups in total. The SMILES string of the molecule is O=c1oc2ccccc2n1CCN1CCCCC1CN1CCOCC1. The molecule has 0 amide bonds. The van der Waals surface area contributed by atoms with Crippen molar-refractivity contribution in [2.45, 2.75) is 31.8 Å². The van der Waals surface area contributed by atoms with Gasteiger partial charge in [0.05, 0.1) is 18.7 Å². The molecule has 0 saturated carbocycles. The summed E-state index contributed by atoms with van der Waals surface area (Å²) in [4.78, 5) is 17.2. The van der Waals surface area contributed by atoms with Gasteiger partial charge in [-0.25, -0.2) is 4.79 Å². The van der Waals surface area contributed by atoms with Crippen LogP contribution in [0.1, 0.15) is 19.3 Å². The van der Waals surface area contributed by atoms with E-state index in [1.54, 1.807) is 4.57 Å². The van der Waals surface area contributed by atoms with Crippen LogP contribution in [0.25, 0.3) is 11.1 Å². The van der Waals surface area contributed by atoms with E-state index < -0.39 is 0 Å². The summed E-state index contributed by atoms with van der Waals surface area (Å²) >= 11 is 0. The van der Waals surface area contributed by atoms with Crippen molar-refractivity contribution >= 4 is 11.1 Å². The highest BCUT2D eigenvalue weighted by molar-refractivity contribution is 5.72. The maximum Gasteiger partial charge on any atom is 0.419 e. The normalized spacial score (nSPS) is 23.3. The number of hydrogen-bond donors (Lipinski definition) is 0. The number of rotatable bonds is 5. The third kappa shape index (κ3) is 3.81. The molecule has 0 bridgehead atoms. The van der Waals surface area contributed by atoms with Crippen LogP contribution in [0.3, 0.4) is 0 Å². The van der Waals surface area contributed by atoms with E-state index in [4.69, 9.17) is 9.15 Å². The minimum atomic E-state index is -0.247. The minimum absolute atomic E-state index is 0.247. The van der Waals surface area contributed by atoms with Crippen LogP contribution < -0.4 is 5.76 Å². The molecule has 1 aromatic heterocycles. The van der Waals surface area contributed by atoms with Gasteiger partial charge in [0.15, 0.2) is 5.58 Å². The molecule has 0 aliphatic carbocycles. The molecule has 2 aliphatic rings. The van der Waals surface area contributed by atoms with E-state index in [9.17, 15) is 4.79 Å². The first-order valence-electron chi connectivity index (χ1n) is 9.44. The topological polar surface area (TPSA) is 50.9 Å². The fourth-order valence-corrected chi connectivity index (χ4v) is 4.10. The standard InChI is InChI=1S/C19H27N3O3/c23-19-22(17-6-1-2-7-18(17)25-19)10-9-21-8-4-3-5-16(21)15-20-11-13-24-14-12-20/h1-2,6-7,16H,3-5,8-15H2. The summed E-state index contributed by atoms with van der Waals surface area (Å²) < 4.78 is 12.6. The number of aromatic nitrogens is 1. The van der Waals surface area contributed by atoms with E-state index in [0.717, 1.165) is 51.5 Å². The number of hydrogen-bond acceptors (Lipinski definition) is 5. The lowest BCUT2D eigenvalue weighted by atomic mass is 10.0. The molecule has 1 aromatic carbocycles. The van der Waals surface area contributed by atoms with Crippen LogP contribution in [-0.4, -0.2) is 66.3 Å². The van der Waals surface area contributed by atoms with Crippen LogP contribution in [0.5, 0.6) is 0 Å². The van der Waals surface area contributed by atoms with E-state index in [-0.39, 0.29) is 5.76 Å². The molecule has 2 saturated heterocycles. The van der Waals surface area contributed by atoms with E-state index in [0.29, 0.717) is 18.2 Å². The monoisotopic (exact) mass is 345 g/mol. The highest BCUT2D eigenvalue weighted by atomic mass is 16.5. The summed E-state index contributed by atoms with van der Waals surface area (Å²) in [7, 11) is 0. The molecular formula is C19H27N3O3. The number of piperidine rings is 1. The van der Waals surface area contributed by atoms with Crippen molar-refractivity contribution in [3.8, 4) is 0 Å². The van der Waals surface area contributed by atoms with Gasteiger partial charge in [-0.3, -0.25) is 14.4 Å². The van der Waals surface area contributed by atoms with Gasteiger partial charge in [-0.05, 0) is 31.5 Å². The second kappa shape index (κ2) is 7.72. The molecule has 6 nitrogen and oxygen atoms in total. The Kier molecular flexibility index (Phi) is 5.20. The van der Waals surface area contributed by atoms with E-state index in [1.807, 2.05) is 24.3 Å². The number of benzene rings is 1. The van der Waals surface area contributed by atoms with Gasteiger partial charge in [-0.1, -0.05) is 18.6 Å². The van der Waals surface area contributed by atoms with Crippen molar-refractivity contribution in [3.63, 3.8) is 0 Å². The number of ether oxygens (including phenoxy) is 1. The highest BCUT2D eigenvalue weighted by Crippen LogP contribution is 2.19. The number of oxazole rings is 1. The summed E-state index contributed by atoms with van der Waals surface area (Å²) in [6.07, 6.45) is 3.80.